The van der Waals surface area contributed by atoms with E-state index in [-0.39, 0.29) is 17.0 Å². The van der Waals surface area contributed by atoms with Gasteiger partial charge in [-0.25, -0.2) is 0 Å². The van der Waals surface area contributed by atoms with E-state index in [1.165, 1.54) is 0 Å². The molecule has 1 amide bonds. The molecule has 11 heteroatoms. The number of halogens is 6. The Kier molecular flexibility index (Phi) is 11.2. The van der Waals surface area contributed by atoms with E-state index in [4.69, 9.17) is 4.43 Å². The minimum Gasteiger partial charge on any atom is -0.412 e. The van der Waals surface area contributed by atoms with Crippen LogP contribution in [0.3, 0.4) is 0 Å². The summed E-state index contributed by atoms with van der Waals surface area (Å²) < 4.78 is 88.3. The molecular formula is C33H40F6NO2PSi. The molecule has 0 aliphatic carbocycles. The molecule has 0 radical (unpaired) electrons. The van der Waals surface area contributed by atoms with E-state index in [9.17, 15) is 31.1 Å². The number of carbonyl (C=O) groups is 1. The number of nitrogens with one attached hydrogen (secondary N) is 1. The highest BCUT2D eigenvalue weighted by molar-refractivity contribution is 7.73. The van der Waals surface area contributed by atoms with E-state index >= 15 is 0 Å². The molecule has 240 valence electrons. The van der Waals surface area contributed by atoms with Gasteiger partial charge < -0.3 is 9.74 Å². The van der Waals surface area contributed by atoms with Crippen LogP contribution in [0.25, 0.3) is 0 Å². The molecule has 0 heterocycles. The monoisotopic (exact) mass is 655 g/mol. The summed E-state index contributed by atoms with van der Waals surface area (Å²) in [6.07, 6.45) is -10.4. The van der Waals surface area contributed by atoms with Gasteiger partial charge in [0.25, 0.3) is 5.91 Å². The Bertz CT molecular complexity index is 1320. The van der Waals surface area contributed by atoms with Gasteiger partial charge >= 0.3 is 12.4 Å². The number of alkyl halides is 6. The van der Waals surface area contributed by atoms with Gasteiger partial charge in [0, 0.05) is 5.56 Å². The molecule has 0 bridgehead atoms. The first kappa shape index (κ1) is 35.8. The van der Waals surface area contributed by atoms with Crippen LogP contribution in [-0.4, -0.2) is 32.5 Å². The van der Waals surface area contributed by atoms with E-state index in [2.05, 4.69) is 46.1 Å². The molecule has 3 nitrogen and oxygen atoms in total. The molecule has 0 saturated carbocycles. The van der Waals surface area contributed by atoms with Gasteiger partial charge in [-0.2, -0.15) is 26.3 Å². The second kappa shape index (κ2) is 13.8. The maximum atomic E-state index is 13.6. The van der Waals surface area contributed by atoms with Gasteiger partial charge in [0.05, 0.1) is 23.3 Å². The molecule has 0 aliphatic heterocycles. The van der Waals surface area contributed by atoms with E-state index in [1.807, 2.05) is 67.6 Å². The molecule has 0 fully saturated rings. The average molecular weight is 656 g/mol. The molecule has 2 atom stereocenters. The number of rotatable bonds is 11. The smallest absolute Gasteiger partial charge is 0.412 e. The number of hydrogen-bond donors (Lipinski definition) is 1. The predicted octanol–water partition coefficient (Wildman–Crippen LogP) is 9.00. The highest BCUT2D eigenvalue weighted by Crippen LogP contribution is 2.46. The molecule has 3 aromatic rings. The fraction of sp³-hybridized carbons (Fsp3) is 0.424. The lowest BCUT2D eigenvalue weighted by molar-refractivity contribution is -0.143. The molecule has 0 saturated heterocycles. The van der Waals surface area contributed by atoms with Gasteiger partial charge in [-0.3, -0.25) is 4.79 Å². The summed E-state index contributed by atoms with van der Waals surface area (Å²) in [5.74, 6) is -0.748. The zero-order valence-electron chi connectivity index (χ0n) is 26.0. The van der Waals surface area contributed by atoms with Crippen molar-refractivity contribution in [1.82, 2.24) is 5.32 Å². The Labute approximate surface area is 258 Å². The van der Waals surface area contributed by atoms with Crippen LogP contribution in [0.1, 0.15) is 56.1 Å². The van der Waals surface area contributed by atoms with Crippen LogP contribution < -0.4 is 15.9 Å². The summed E-state index contributed by atoms with van der Waals surface area (Å²) >= 11 is 0. The predicted molar refractivity (Wildman–Crippen MR) is 169 cm³/mol. The zero-order valence-corrected chi connectivity index (χ0v) is 27.9. The van der Waals surface area contributed by atoms with Crippen molar-refractivity contribution in [2.45, 2.75) is 77.2 Å². The molecular weight excluding hydrogens is 615 g/mol. The summed E-state index contributed by atoms with van der Waals surface area (Å²) in [7, 11) is -3.56. The van der Waals surface area contributed by atoms with Gasteiger partial charge in [0.15, 0.2) is 8.32 Å². The lowest BCUT2D eigenvalue weighted by Crippen LogP contribution is -2.53. The van der Waals surface area contributed by atoms with Gasteiger partial charge in [-0.15, -0.1) is 0 Å². The minimum atomic E-state index is -5.07. The number of amides is 1. The van der Waals surface area contributed by atoms with Gasteiger partial charge in [-0.1, -0.05) is 88.4 Å². The number of carbonyl (C=O) groups excluding carboxylic acids is 1. The number of hydrogen-bond acceptors (Lipinski definition) is 2. The minimum absolute atomic E-state index is 0.0200. The van der Waals surface area contributed by atoms with E-state index in [0.717, 1.165) is 10.6 Å². The Morgan fingerprint density at radius 3 is 1.61 bits per heavy atom. The van der Waals surface area contributed by atoms with Crippen molar-refractivity contribution in [3.63, 3.8) is 0 Å². The Morgan fingerprint density at radius 1 is 0.795 bits per heavy atom. The van der Waals surface area contributed by atoms with Gasteiger partial charge in [0.1, 0.15) is 0 Å². The van der Waals surface area contributed by atoms with E-state index in [1.54, 1.807) is 0 Å². The van der Waals surface area contributed by atoms with Crippen LogP contribution in [-0.2, 0) is 16.8 Å². The lowest BCUT2D eigenvalue weighted by Gasteiger charge is -2.45. The molecule has 0 spiro atoms. The normalized spacial score (nSPS) is 14.5. The molecule has 0 unspecified atom stereocenters. The Morgan fingerprint density at radius 2 is 1.23 bits per heavy atom. The SMILES string of the molecule is CC(C)C(C)(C)[Si](C)(C)O[C@H](C)[C@@H](CP(c1ccccc1)c1ccccc1)NC(=O)c1cc(C(F)(F)F)cc(C(F)(F)F)c1. The van der Waals surface area contributed by atoms with Gasteiger partial charge in [-0.05, 0) is 73.9 Å². The van der Waals surface area contributed by atoms with Crippen LogP contribution in [0.15, 0.2) is 78.9 Å². The summed E-state index contributed by atoms with van der Waals surface area (Å²) in [5.41, 5.74) is -3.80. The molecule has 1 N–H and O–H groups in total. The molecule has 3 rings (SSSR count). The third-order valence-electron chi connectivity index (χ3n) is 8.72. The number of benzene rings is 3. The first-order valence-corrected chi connectivity index (χ1v) is 18.8. The van der Waals surface area contributed by atoms with Gasteiger partial charge in [0.2, 0.25) is 0 Å². The van der Waals surface area contributed by atoms with Crippen molar-refractivity contribution in [3.05, 3.63) is 95.6 Å². The third-order valence-corrected chi connectivity index (χ3v) is 16.0. The average Bonchev–Trinajstić information content (AvgIpc) is 2.94. The van der Waals surface area contributed by atoms with E-state index < -0.39 is 63.3 Å². The maximum Gasteiger partial charge on any atom is 0.416 e. The summed E-state index contributed by atoms with van der Waals surface area (Å²) in [4.78, 5) is 13.6. The fourth-order valence-electron chi connectivity index (χ4n) is 4.82. The first-order valence-electron chi connectivity index (χ1n) is 14.4. The molecule has 0 aromatic heterocycles. The lowest BCUT2D eigenvalue weighted by atomic mass is 9.99. The largest absolute Gasteiger partial charge is 0.416 e. The van der Waals surface area contributed by atoms with E-state index in [0.29, 0.717) is 18.3 Å². The van der Waals surface area contributed by atoms with Crippen molar-refractivity contribution in [2.24, 2.45) is 5.92 Å². The van der Waals surface area contributed by atoms with Crippen LogP contribution in [0, 0.1) is 5.92 Å². The fourth-order valence-corrected chi connectivity index (χ4v) is 10.2. The zero-order chi connectivity index (χ0) is 33.1. The van der Waals surface area contributed by atoms with Crippen LogP contribution >= 0.6 is 7.92 Å². The second-order valence-electron chi connectivity index (χ2n) is 12.4. The standard InChI is InChI=1S/C33H40F6NO2PSi/c1-22(2)31(4,5)44(6,7)42-23(3)29(21-43(27-14-10-8-11-15-27)28-16-12-9-13-17-28)40-30(41)24-18-25(32(34,35)36)20-26(19-24)33(37,38)39/h8-20,22-23,29H,21H2,1-7H3,(H,40,41)/t23-,29-/m1/s1. The van der Waals surface area contributed by atoms with Crippen molar-refractivity contribution in [3.8, 4) is 0 Å². The van der Waals surface area contributed by atoms with Crippen molar-refractivity contribution >= 4 is 32.8 Å². The second-order valence-corrected chi connectivity index (χ2v) is 19.2. The molecule has 3 aromatic carbocycles. The van der Waals surface area contributed by atoms with Crippen molar-refractivity contribution in [1.29, 1.82) is 0 Å². The van der Waals surface area contributed by atoms with Crippen LogP contribution in [0.2, 0.25) is 18.1 Å². The summed E-state index contributed by atoms with van der Waals surface area (Å²) in [6, 6.07) is 19.5. The van der Waals surface area contributed by atoms with Crippen LogP contribution in [0.4, 0.5) is 26.3 Å². The van der Waals surface area contributed by atoms with Crippen molar-refractivity contribution < 1.29 is 35.6 Å². The van der Waals surface area contributed by atoms with Crippen LogP contribution in [0.5, 0.6) is 0 Å². The maximum absolute atomic E-state index is 13.6. The van der Waals surface area contributed by atoms with Crippen molar-refractivity contribution in [2.75, 3.05) is 6.16 Å². The quantitative estimate of drug-likeness (QED) is 0.127. The Balaban J connectivity index is 2.09. The summed E-state index contributed by atoms with van der Waals surface area (Å²) in [5, 5.41) is 4.65. The molecule has 44 heavy (non-hydrogen) atoms. The highest BCUT2D eigenvalue weighted by Gasteiger charge is 2.45. The first-order chi connectivity index (χ1) is 20.2. The topological polar surface area (TPSA) is 38.3 Å². The Hall–Kier alpha value is -2.68. The highest BCUT2D eigenvalue weighted by atomic mass is 31.1. The summed E-state index contributed by atoms with van der Waals surface area (Å²) in [6.45, 7) is 14.5. The molecule has 0 aliphatic rings. The third kappa shape index (κ3) is 8.73.